The molecule has 600 valence electrons. The van der Waals surface area contributed by atoms with Gasteiger partial charge in [-0.15, -0.1) is 0 Å². The first-order valence-electron chi connectivity index (χ1n) is 34.9. The highest BCUT2D eigenvalue weighted by atomic mass is 16.6. The van der Waals surface area contributed by atoms with Gasteiger partial charge in [0.1, 0.15) is 23.0 Å². The summed E-state index contributed by atoms with van der Waals surface area (Å²) in [6.07, 6.45) is 0. The van der Waals surface area contributed by atoms with Crippen LogP contribution in [0, 0.1) is 0 Å². The maximum atomic E-state index is 14.3. The summed E-state index contributed by atoms with van der Waals surface area (Å²) >= 11 is 0. The van der Waals surface area contributed by atoms with Gasteiger partial charge in [0, 0.05) is 179 Å². The first-order chi connectivity index (χ1) is 54.7. The molecule has 8 aromatic rings. The van der Waals surface area contributed by atoms with Gasteiger partial charge in [0.2, 0.25) is 23.0 Å². The third kappa shape index (κ3) is 20.3. The van der Waals surface area contributed by atoms with Gasteiger partial charge in [0.15, 0.2) is 46.0 Å². The Balaban J connectivity index is 1.85. The van der Waals surface area contributed by atoms with Gasteiger partial charge in [-0.25, -0.2) is 0 Å². The lowest BCUT2D eigenvalue weighted by molar-refractivity contribution is -0.135. The fourth-order valence-electron chi connectivity index (χ4n) is 13.0. The summed E-state index contributed by atoms with van der Waals surface area (Å²) in [6.45, 7) is 15.1. The van der Waals surface area contributed by atoms with Crippen LogP contribution in [-0.2, 0) is 76.7 Å². The number of benzene rings is 8. The first-order valence-corrected chi connectivity index (χ1v) is 34.9. The average Bonchev–Trinajstić information content (AvgIpc) is 0.711. The van der Waals surface area contributed by atoms with Gasteiger partial charge in [0.05, 0.1) is 0 Å². The lowest BCUT2D eigenvalue weighted by atomic mass is 9.74. The van der Waals surface area contributed by atoms with Crippen LogP contribution in [0.2, 0.25) is 0 Å². The summed E-state index contributed by atoms with van der Waals surface area (Å²) in [5, 5.41) is 0. The van der Waals surface area contributed by atoms with Crippen LogP contribution in [0.5, 0.6) is 92.0 Å². The first kappa shape index (κ1) is 85.3. The van der Waals surface area contributed by atoms with Crippen molar-refractivity contribution in [2.24, 2.45) is 0 Å². The Kier molecular flexibility index (Phi) is 26.6. The predicted molar refractivity (Wildman–Crippen MR) is 396 cm³/mol. The van der Waals surface area contributed by atoms with Gasteiger partial charge in [-0.3, -0.25) is 76.7 Å². The fourth-order valence-corrected chi connectivity index (χ4v) is 13.0. The molecule has 32 nitrogen and oxygen atoms in total. The molecule has 0 heterocycles. The van der Waals surface area contributed by atoms with Crippen LogP contribution < -0.4 is 75.8 Å². The second kappa shape index (κ2) is 36.2. The van der Waals surface area contributed by atoms with Crippen molar-refractivity contribution in [2.45, 2.75) is 134 Å². The molecule has 1 aliphatic carbocycles. The van der Waals surface area contributed by atoms with E-state index in [0.29, 0.717) is 0 Å². The largest absolute Gasteiger partial charge is 0.427 e. The molecule has 1 aliphatic rings. The molecule has 0 aromatic heterocycles. The zero-order chi connectivity index (χ0) is 85.2. The molecule has 0 saturated carbocycles. The number of carbonyl (C=O) groups is 16. The second-order valence-electron chi connectivity index (χ2n) is 25.7. The Morgan fingerprint density at radius 3 is 0.362 bits per heavy atom. The van der Waals surface area contributed by atoms with E-state index in [1.165, 1.54) is 121 Å². The van der Waals surface area contributed by atoms with E-state index in [9.17, 15) is 76.7 Å². The molecular formula is C84H72O32. The Morgan fingerprint density at radius 2 is 0.259 bits per heavy atom. The molecule has 9 rings (SSSR count). The van der Waals surface area contributed by atoms with Crippen LogP contribution in [0.15, 0.2) is 121 Å². The number of rotatable bonds is 20. The Labute approximate surface area is 659 Å². The van der Waals surface area contributed by atoms with E-state index in [1.807, 2.05) is 0 Å². The highest BCUT2D eigenvalue weighted by Gasteiger charge is 2.45. The molecule has 0 N–H and O–H groups in total. The van der Waals surface area contributed by atoms with Crippen molar-refractivity contribution >= 4 is 95.5 Å². The maximum Gasteiger partial charge on any atom is 0.308 e. The highest BCUT2D eigenvalue weighted by Crippen LogP contribution is 2.62. The average molecular weight is 1590 g/mol. The Bertz CT molecular complexity index is 4580. The third-order valence-electron chi connectivity index (χ3n) is 16.3. The number of hydrogen-bond acceptors (Lipinski definition) is 32. The Hall–Kier alpha value is -14.7. The van der Waals surface area contributed by atoms with Gasteiger partial charge < -0.3 is 75.8 Å². The van der Waals surface area contributed by atoms with Crippen molar-refractivity contribution in [2.75, 3.05) is 0 Å². The number of esters is 16. The molecular weight excluding hydrogens is 1520 g/mol. The molecule has 32 heteroatoms. The van der Waals surface area contributed by atoms with Crippen LogP contribution >= 0.6 is 0 Å². The standard InChI is InChI=1S/C84H72O32/c1-37(85)101-57-25-17-53(18-26-57)69-61-33-63(75(107-43(7)91)81(113-49(13)97)73(61)105-41(5)89)70(54-19-27-58(28-20-54)102-38(2)86)65-35-67(79(111-47(11)95)83(115-51(15)99)77(65)109-45(9)93)72(56-23-31-60(32-24-56)104-40(4)88)68-36-66(78(110-46(10)94)84(116-52(16)100)80(68)112-48(12)96)71(55-21-29-59(30-22-55)103-39(3)87)64-34-62(69)74(106-42(6)90)82(114-50(14)98)76(64)108-44(8)92/h17-36,69-72H,1-16H3. The van der Waals surface area contributed by atoms with Gasteiger partial charge in [0.25, 0.3) is 0 Å². The minimum absolute atomic E-state index is 0.104. The van der Waals surface area contributed by atoms with Crippen LogP contribution in [0.25, 0.3) is 0 Å². The topological polar surface area (TPSA) is 421 Å². The number of hydrogen-bond donors (Lipinski definition) is 0. The lowest BCUT2D eigenvalue weighted by Gasteiger charge is -2.33. The van der Waals surface area contributed by atoms with E-state index in [4.69, 9.17) is 75.8 Å². The zero-order valence-electron chi connectivity index (χ0n) is 64.9. The van der Waals surface area contributed by atoms with E-state index < -0.39 is 233 Å². The molecule has 0 aliphatic heterocycles. The minimum atomic E-state index is -2.01. The van der Waals surface area contributed by atoms with Gasteiger partial charge in [-0.05, 0) is 95.1 Å². The molecule has 8 bridgehead atoms. The summed E-state index contributed by atoms with van der Waals surface area (Å²) in [6, 6.07) is 25.3. The van der Waals surface area contributed by atoms with E-state index in [2.05, 4.69) is 0 Å². The minimum Gasteiger partial charge on any atom is -0.427 e. The molecule has 0 fully saturated rings. The highest BCUT2D eigenvalue weighted by molar-refractivity contribution is 5.89. The smallest absolute Gasteiger partial charge is 0.308 e. The lowest BCUT2D eigenvalue weighted by Crippen LogP contribution is -2.22. The summed E-state index contributed by atoms with van der Waals surface area (Å²) in [5.74, 6) is -37.2. The van der Waals surface area contributed by atoms with Crippen molar-refractivity contribution in [1.82, 2.24) is 0 Å². The monoisotopic (exact) mass is 1590 g/mol. The van der Waals surface area contributed by atoms with Crippen LogP contribution in [0.4, 0.5) is 0 Å². The predicted octanol–water partition coefficient (Wildman–Crippen LogP) is 11.5. The fraction of sp³-hybridized carbons (Fsp3) is 0.238. The van der Waals surface area contributed by atoms with Crippen molar-refractivity contribution in [3.8, 4) is 92.0 Å². The van der Waals surface area contributed by atoms with E-state index in [0.717, 1.165) is 111 Å². The molecule has 0 unspecified atom stereocenters. The summed E-state index contributed by atoms with van der Waals surface area (Å²) in [7, 11) is 0. The molecule has 116 heavy (non-hydrogen) atoms. The number of carbonyl (C=O) groups excluding carboxylic acids is 16. The van der Waals surface area contributed by atoms with Crippen molar-refractivity contribution < 1.29 is 153 Å². The quantitative estimate of drug-likeness (QED) is 0.0505. The number of ether oxygens (including phenoxy) is 16. The maximum absolute atomic E-state index is 14.3. The van der Waals surface area contributed by atoms with Crippen LogP contribution in [0.3, 0.4) is 0 Å². The molecule has 0 atom stereocenters. The van der Waals surface area contributed by atoms with Crippen LogP contribution in [-0.4, -0.2) is 95.5 Å². The van der Waals surface area contributed by atoms with Gasteiger partial charge in [-0.2, -0.15) is 0 Å². The van der Waals surface area contributed by atoms with Crippen LogP contribution in [0.1, 0.15) is 201 Å². The van der Waals surface area contributed by atoms with Crippen molar-refractivity contribution in [3.05, 3.63) is 188 Å². The van der Waals surface area contributed by atoms with E-state index in [1.54, 1.807) is 0 Å². The van der Waals surface area contributed by atoms with Gasteiger partial charge >= 0.3 is 95.5 Å². The molecule has 0 amide bonds. The van der Waals surface area contributed by atoms with Gasteiger partial charge in [-0.1, -0.05) is 48.5 Å². The summed E-state index contributed by atoms with van der Waals surface area (Å²) in [5.41, 5.74) is -4.35. The second-order valence-corrected chi connectivity index (χ2v) is 25.7. The summed E-state index contributed by atoms with van der Waals surface area (Å²) < 4.78 is 96.7. The summed E-state index contributed by atoms with van der Waals surface area (Å²) in [4.78, 5) is 223. The molecule has 8 aromatic carbocycles. The SMILES string of the molecule is CC(=O)Oc1ccc(C2c3cc(c(OC(C)=O)c(OC(C)=O)c3OC(C)=O)C(c3ccc(OC(C)=O)cc3)c3cc(c(OC(C)=O)c(OC(C)=O)c3OC(C)=O)C(c3ccc(OC(C)=O)cc3)c3cc(c(OC(C)=O)c(OC(C)=O)c3OC(C)=O)C(c3ccc(OC(C)=O)cc3)c3cc2c(OC(C)=O)c(OC(C)=O)c3OC(C)=O)cc1. The third-order valence-corrected chi connectivity index (χ3v) is 16.3. The molecule has 0 saturated heterocycles. The molecule has 0 radical (unpaired) electrons. The van der Waals surface area contributed by atoms with Crippen molar-refractivity contribution in [3.63, 3.8) is 0 Å². The van der Waals surface area contributed by atoms with Crippen molar-refractivity contribution in [1.29, 1.82) is 0 Å². The Morgan fingerprint density at radius 1 is 0.155 bits per heavy atom. The van der Waals surface area contributed by atoms with E-state index >= 15 is 0 Å². The molecule has 0 spiro atoms. The normalized spacial score (nSPS) is 13.7. The number of fused-ring (bicyclic) bond motifs is 8. The zero-order valence-corrected chi connectivity index (χ0v) is 64.9. The van der Waals surface area contributed by atoms with E-state index in [-0.39, 0.29) is 45.3 Å².